The van der Waals surface area contributed by atoms with Gasteiger partial charge in [-0.1, -0.05) is 31.2 Å². The predicted molar refractivity (Wildman–Crippen MR) is 95.4 cm³/mol. The third-order valence-corrected chi connectivity index (χ3v) is 4.02. The molecule has 0 fully saturated rings. The van der Waals surface area contributed by atoms with Crippen LogP contribution >= 0.6 is 0 Å². The van der Waals surface area contributed by atoms with E-state index < -0.39 is 11.2 Å². The maximum atomic E-state index is 11.4. The molecule has 0 saturated heterocycles. The molecule has 7 nitrogen and oxygen atoms in total. The lowest BCUT2D eigenvalue weighted by Gasteiger charge is -2.11. The predicted octanol–water partition coefficient (Wildman–Crippen LogP) is 3.00. The largest absolute Gasteiger partial charge is 0.502 e. The van der Waals surface area contributed by atoms with Crippen LogP contribution in [0.25, 0.3) is 0 Å². The fourth-order valence-corrected chi connectivity index (χ4v) is 2.45. The number of aromatic hydroxyl groups is 1. The molecular weight excluding hydrogens is 334 g/mol. The van der Waals surface area contributed by atoms with Gasteiger partial charge >= 0.3 is 0 Å². The van der Waals surface area contributed by atoms with Crippen molar-refractivity contribution < 1.29 is 14.3 Å². The van der Waals surface area contributed by atoms with Crippen molar-refractivity contribution in [3.8, 4) is 11.5 Å². The van der Waals surface area contributed by atoms with E-state index in [4.69, 9.17) is 9.15 Å². The van der Waals surface area contributed by atoms with Gasteiger partial charge in [-0.25, -0.2) is 4.68 Å². The molecular formula is C19H21N3O4. The third kappa shape index (κ3) is 4.11. The quantitative estimate of drug-likeness (QED) is 0.731. The van der Waals surface area contributed by atoms with E-state index in [2.05, 4.69) is 36.3 Å². The monoisotopic (exact) mass is 355 g/mol. The van der Waals surface area contributed by atoms with Crippen molar-refractivity contribution in [2.24, 2.45) is 0 Å². The average molecular weight is 355 g/mol. The van der Waals surface area contributed by atoms with Crippen LogP contribution in [0.2, 0.25) is 0 Å². The maximum absolute atomic E-state index is 11.4. The van der Waals surface area contributed by atoms with Gasteiger partial charge in [-0.2, -0.15) is 0 Å². The fourth-order valence-electron chi connectivity index (χ4n) is 2.45. The average Bonchev–Trinajstić information content (AvgIpc) is 3.04. The molecule has 3 aromatic rings. The molecule has 26 heavy (non-hydrogen) atoms. The van der Waals surface area contributed by atoms with Gasteiger partial charge in [0.15, 0.2) is 5.75 Å². The van der Waals surface area contributed by atoms with Crippen molar-refractivity contribution in [2.75, 3.05) is 0 Å². The Labute approximate surface area is 150 Å². The minimum atomic E-state index is -0.490. The molecule has 136 valence electrons. The highest BCUT2D eigenvalue weighted by Gasteiger charge is 2.08. The summed E-state index contributed by atoms with van der Waals surface area (Å²) in [5.74, 6) is 1.22. The highest BCUT2D eigenvalue weighted by Crippen LogP contribution is 2.24. The summed E-state index contributed by atoms with van der Waals surface area (Å²) < 4.78 is 12.6. The topological polar surface area (TPSA) is 90.4 Å². The molecule has 0 aliphatic heterocycles. The first kappa shape index (κ1) is 17.7. The van der Waals surface area contributed by atoms with Crippen molar-refractivity contribution in [3.63, 3.8) is 0 Å². The highest BCUT2D eigenvalue weighted by molar-refractivity contribution is 5.37. The summed E-state index contributed by atoms with van der Waals surface area (Å²) in [6.07, 6.45) is 2.75. The standard InChI is InChI=1S/C19H21N3O4/c1-12(2)14-5-4-13(3)19(6-14)26-10-15-8-22(21-20-15)9-16-7-17(23)18(24)11-25-16/h4-8,11-12,24H,9-10H2,1-3H3. The van der Waals surface area contributed by atoms with Crippen molar-refractivity contribution in [1.82, 2.24) is 15.0 Å². The second kappa shape index (κ2) is 7.43. The molecule has 0 saturated carbocycles. The van der Waals surface area contributed by atoms with Gasteiger partial charge in [-0.15, -0.1) is 5.10 Å². The molecule has 2 heterocycles. The van der Waals surface area contributed by atoms with Gasteiger partial charge in [0, 0.05) is 6.07 Å². The number of ether oxygens (including phenoxy) is 1. The van der Waals surface area contributed by atoms with E-state index in [1.54, 1.807) is 10.9 Å². The van der Waals surface area contributed by atoms with Gasteiger partial charge in [0.05, 0.1) is 6.20 Å². The number of hydrogen-bond acceptors (Lipinski definition) is 6. The molecule has 0 unspecified atom stereocenters. The lowest BCUT2D eigenvalue weighted by atomic mass is 10.0. The summed E-state index contributed by atoms with van der Waals surface area (Å²) in [5, 5.41) is 17.3. The van der Waals surface area contributed by atoms with Crippen LogP contribution in [0.15, 0.2) is 45.9 Å². The van der Waals surface area contributed by atoms with Crippen LogP contribution < -0.4 is 10.2 Å². The molecule has 3 rings (SSSR count). The molecule has 0 spiro atoms. The molecule has 0 aliphatic rings. The van der Waals surface area contributed by atoms with Crippen molar-refractivity contribution in [1.29, 1.82) is 0 Å². The van der Waals surface area contributed by atoms with E-state index in [9.17, 15) is 9.90 Å². The van der Waals surface area contributed by atoms with Gasteiger partial charge in [-0.05, 0) is 30.0 Å². The van der Waals surface area contributed by atoms with Crippen LogP contribution in [-0.2, 0) is 13.2 Å². The van der Waals surface area contributed by atoms with Crippen molar-refractivity contribution >= 4 is 0 Å². The first-order chi connectivity index (χ1) is 12.4. The molecule has 0 bridgehead atoms. The van der Waals surface area contributed by atoms with Crippen LogP contribution in [0, 0.1) is 6.92 Å². The Morgan fingerprint density at radius 3 is 2.85 bits per heavy atom. The Balaban J connectivity index is 1.66. The summed E-state index contributed by atoms with van der Waals surface area (Å²) in [6, 6.07) is 7.44. The molecule has 1 aromatic carbocycles. The Hall–Kier alpha value is -3.09. The zero-order valence-corrected chi connectivity index (χ0v) is 15.0. The van der Waals surface area contributed by atoms with Crippen LogP contribution in [0.4, 0.5) is 0 Å². The first-order valence-electron chi connectivity index (χ1n) is 8.35. The van der Waals surface area contributed by atoms with E-state index in [1.807, 2.05) is 13.0 Å². The van der Waals surface area contributed by atoms with Crippen molar-refractivity contribution in [2.45, 2.75) is 39.8 Å². The zero-order valence-electron chi connectivity index (χ0n) is 15.0. The van der Waals surface area contributed by atoms with E-state index >= 15 is 0 Å². The summed E-state index contributed by atoms with van der Waals surface area (Å²) in [4.78, 5) is 11.4. The van der Waals surface area contributed by atoms with E-state index in [0.29, 0.717) is 24.0 Å². The normalized spacial score (nSPS) is 11.1. The van der Waals surface area contributed by atoms with Crippen LogP contribution in [0.3, 0.4) is 0 Å². The molecule has 0 aliphatic carbocycles. The number of aryl methyl sites for hydroxylation is 1. The van der Waals surface area contributed by atoms with Crippen molar-refractivity contribution in [3.05, 3.63) is 69.5 Å². The van der Waals surface area contributed by atoms with E-state index in [1.165, 1.54) is 11.6 Å². The molecule has 7 heteroatoms. The highest BCUT2D eigenvalue weighted by atomic mass is 16.5. The van der Waals surface area contributed by atoms with Gasteiger partial charge in [0.1, 0.15) is 36.6 Å². The Kier molecular flexibility index (Phi) is 5.06. The maximum Gasteiger partial charge on any atom is 0.226 e. The summed E-state index contributed by atoms with van der Waals surface area (Å²) in [6.45, 7) is 6.82. The van der Waals surface area contributed by atoms with Gasteiger partial charge in [-0.3, -0.25) is 4.79 Å². The fraction of sp³-hybridized carbons (Fsp3) is 0.316. The summed E-state index contributed by atoms with van der Waals surface area (Å²) in [5.41, 5.74) is 2.46. The van der Waals surface area contributed by atoms with Crippen LogP contribution in [0.5, 0.6) is 11.5 Å². The molecule has 0 radical (unpaired) electrons. The van der Waals surface area contributed by atoms with Gasteiger partial charge in [0.2, 0.25) is 5.43 Å². The molecule has 1 N–H and O–H groups in total. The second-order valence-corrected chi connectivity index (χ2v) is 6.47. The lowest BCUT2D eigenvalue weighted by molar-refractivity contribution is 0.298. The number of benzene rings is 1. The second-order valence-electron chi connectivity index (χ2n) is 6.47. The minimum absolute atomic E-state index is 0.240. The molecule has 0 amide bonds. The van der Waals surface area contributed by atoms with Gasteiger partial charge < -0.3 is 14.3 Å². The van der Waals surface area contributed by atoms with Gasteiger partial charge in [0.25, 0.3) is 0 Å². The summed E-state index contributed by atoms with van der Waals surface area (Å²) in [7, 11) is 0. The molecule has 2 aromatic heterocycles. The summed E-state index contributed by atoms with van der Waals surface area (Å²) >= 11 is 0. The SMILES string of the molecule is Cc1ccc(C(C)C)cc1OCc1cn(Cc2cc(=O)c(O)co2)nn1. The van der Waals surface area contributed by atoms with Crippen LogP contribution in [-0.4, -0.2) is 20.1 Å². The zero-order chi connectivity index (χ0) is 18.7. The Bertz CT molecular complexity index is 959. The third-order valence-electron chi connectivity index (χ3n) is 4.02. The van der Waals surface area contributed by atoms with E-state index in [-0.39, 0.29) is 6.54 Å². The first-order valence-corrected chi connectivity index (χ1v) is 8.35. The Morgan fingerprint density at radius 1 is 1.31 bits per heavy atom. The number of hydrogen-bond donors (Lipinski definition) is 1. The minimum Gasteiger partial charge on any atom is -0.502 e. The number of nitrogens with zero attached hydrogens (tertiary/aromatic N) is 3. The number of rotatable bonds is 6. The lowest BCUT2D eigenvalue weighted by Crippen LogP contribution is -2.05. The van der Waals surface area contributed by atoms with Crippen LogP contribution in [0.1, 0.15) is 42.3 Å². The number of aromatic nitrogens is 3. The smallest absolute Gasteiger partial charge is 0.226 e. The van der Waals surface area contributed by atoms with E-state index in [0.717, 1.165) is 17.6 Å². The Morgan fingerprint density at radius 2 is 2.12 bits per heavy atom. The molecule has 0 atom stereocenters.